The van der Waals surface area contributed by atoms with Crippen LogP contribution in [0.15, 0.2) is 24.3 Å². The molecule has 0 aromatic heterocycles. The third kappa shape index (κ3) is 6.36. The fourth-order valence-electron chi connectivity index (χ4n) is 2.71. The zero-order valence-corrected chi connectivity index (χ0v) is 15.2. The Morgan fingerprint density at radius 3 is 2.28 bits per heavy atom. The van der Waals surface area contributed by atoms with Crippen LogP contribution in [0.3, 0.4) is 0 Å². The molecule has 1 aliphatic heterocycles. The summed E-state index contributed by atoms with van der Waals surface area (Å²) in [5.41, 5.74) is 1.35. The van der Waals surface area contributed by atoms with Crippen LogP contribution in [-0.2, 0) is 9.53 Å². The van der Waals surface area contributed by atoms with Gasteiger partial charge >= 0.3 is 6.03 Å². The van der Waals surface area contributed by atoms with E-state index in [1.807, 2.05) is 6.92 Å². The second-order valence-corrected chi connectivity index (χ2v) is 6.34. The molecule has 0 aliphatic carbocycles. The predicted molar refractivity (Wildman–Crippen MR) is 98.8 cm³/mol. The largest absolute Gasteiger partial charge is 0.369 e. The Labute approximate surface area is 149 Å². The quantitative estimate of drug-likeness (QED) is 0.736. The first-order valence-electron chi connectivity index (χ1n) is 8.76. The third-order valence-corrected chi connectivity index (χ3v) is 4.25. The number of amides is 3. The molecule has 1 saturated heterocycles. The van der Waals surface area contributed by atoms with Crippen molar-refractivity contribution in [2.24, 2.45) is 0 Å². The molecule has 1 aromatic rings. The van der Waals surface area contributed by atoms with Crippen molar-refractivity contribution in [2.75, 3.05) is 37.4 Å². The van der Waals surface area contributed by atoms with Gasteiger partial charge in [-0.3, -0.25) is 4.79 Å². The van der Waals surface area contributed by atoms with Gasteiger partial charge in [-0.15, -0.1) is 0 Å². The molecule has 138 valence electrons. The fraction of sp³-hybridized carbons (Fsp3) is 0.556. The first-order chi connectivity index (χ1) is 12.0. The van der Waals surface area contributed by atoms with Crippen molar-refractivity contribution in [3.8, 4) is 0 Å². The van der Waals surface area contributed by atoms with Gasteiger partial charge in [0.15, 0.2) is 0 Å². The Morgan fingerprint density at radius 2 is 1.72 bits per heavy atom. The van der Waals surface area contributed by atoms with Crippen LogP contribution in [0.2, 0.25) is 0 Å². The summed E-state index contributed by atoms with van der Waals surface area (Å²) in [6, 6.07) is 7.04. The van der Waals surface area contributed by atoms with E-state index < -0.39 is 6.10 Å². The van der Waals surface area contributed by atoms with Crippen molar-refractivity contribution in [1.82, 2.24) is 10.2 Å². The zero-order chi connectivity index (χ0) is 18.2. The standard InChI is InChI=1S/C18H28N4O3/c1-4-25-13(2)17(23)19-14-5-7-15(8-6-14)20-18(24)21-16-9-11-22(3)12-10-16/h5-8,13,16H,4,9-12H2,1-3H3,(H,19,23)(H2,20,21,24). The van der Waals surface area contributed by atoms with Crippen LogP contribution < -0.4 is 16.0 Å². The lowest BCUT2D eigenvalue weighted by molar-refractivity contribution is -0.126. The Morgan fingerprint density at radius 1 is 1.16 bits per heavy atom. The van der Waals surface area contributed by atoms with Crippen molar-refractivity contribution in [1.29, 1.82) is 0 Å². The SMILES string of the molecule is CCOC(C)C(=O)Nc1ccc(NC(=O)NC2CCN(C)CC2)cc1. The van der Waals surface area contributed by atoms with Gasteiger partial charge < -0.3 is 25.6 Å². The number of nitrogens with zero attached hydrogens (tertiary/aromatic N) is 1. The van der Waals surface area contributed by atoms with Crippen LogP contribution in [0.5, 0.6) is 0 Å². The van der Waals surface area contributed by atoms with E-state index >= 15 is 0 Å². The maximum absolute atomic E-state index is 12.1. The number of carbonyl (C=O) groups excluding carboxylic acids is 2. The maximum atomic E-state index is 12.1. The van der Waals surface area contributed by atoms with Crippen LogP contribution in [-0.4, -0.2) is 55.7 Å². The van der Waals surface area contributed by atoms with Crippen LogP contribution in [0.4, 0.5) is 16.2 Å². The molecule has 1 heterocycles. The van der Waals surface area contributed by atoms with Gasteiger partial charge in [-0.25, -0.2) is 4.79 Å². The summed E-state index contributed by atoms with van der Waals surface area (Å²) in [7, 11) is 2.09. The highest BCUT2D eigenvalue weighted by molar-refractivity contribution is 5.94. The van der Waals surface area contributed by atoms with Crippen LogP contribution in [0.1, 0.15) is 26.7 Å². The summed E-state index contributed by atoms with van der Waals surface area (Å²) in [5, 5.41) is 8.60. The number of carbonyl (C=O) groups is 2. The zero-order valence-electron chi connectivity index (χ0n) is 15.2. The summed E-state index contributed by atoms with van der Waals surface area (Å²) in [5.74, 6) is -0.192. The van der Waals surface area contributed by atoms with Gasteiger partial charge in [0, 0.05) is 24.0 Å². The molecule has 3 amide bonds. The van der Waals surface area contributed by atoms with E-state index in [4.69, 9.17) is 4.74 Å². The van der Waals surface area contributed by atoms with Crippen LogP contribution in [0, 0.1) is 0 Å². The van der Waals surface area contributed by atoms with Crippen LogP contribution in [0.25, 0.3) is 0 Å². The second-order valence-electron chi connectivity index (χ2n) is 6.34. The highest BCUT2D eigenvalue weighted by Gasteiger charge is 2.18. The number of nitrogens with one attached hydrogen (secondary N) is 3. The van der Waals surface area contributed by atoms with E-state index in [9.17, 15) is 9.59 Å². The van der Waals surface area contributed by atoms with Gasteiger partial charge in [0.05, 0.1) is 0 Å². The van der Waals surface area contributed by atoms with E-state index in [2.05, 4.69) is 27.9 Å². The number of rotatable bonds is 6. The molecule has 0 radical (unpaired) electrons. The molecule has 1 aromatic carbocycles. The van der Waals surface area contributed by atoms with Crippen molar-refractivity contribution in [3.63, 3.8) is 0 Å². The highest BCUT2D eigenvalue weighted by Crippen LogP contribution is 2.15. The molecular formula is C18H28N4O3. The van der Waals surface area contributed by atoms with E-state index in [-0.39, 0.29) is 18.0 Å². The summed E-state index contributed by atoms with van der Waals surface area (Å²) < 4.78 is 5.25. The van der Waals surface area contributed by atoms with Gasteiger partial charge in [-0.1, -0.05) is 0 Å². The molecule has 1 fully saturated rings. The van der Waals surface area contributed by atoms with Crippen molar-refractivity contribution < 1.29 is 14.3 Å². The van der Waals surface area contributed by atoms with Gasteiger partial charge in [0.1, 0.15) is 6.10 Å². The van der Waals surface area contributed by atoms with E-state index in [0.29, 0.717) is 18.0 Å². The maximum Gasteiger partial charge on any atom is 0.319 e. The Bertz CT molecular complexity index is 568. The molecular weight excluding hydrogens is 320 g/mol. The van der Waals surface area contributed by atoms with Crippen molar-refractivity contribution in [2.45, 2.75) is 38.8 Å². The molecule has 2 rings (SSSR count). The number of urea groups is 1. The molecule has 0 spiro atoms. The predicted octanol–water partition coefficient (Wildman–Crippen LogP) is 2.27. The molecule has 1 unspecified atom stereocenters. The van der Waals surface area contributed by atoms with Crippen LogP contribution >= 0.6 is 0 Å². The molecule has 7 nitrogen and oxygen atoms in total. The monoisotopic (exact) mass is 348 g/mol. The molecule has 0 saturated carbocycles. The third-order valence-electron chi connectivity index (χ3n) is 4.25. The average molecular weight is 348 g/mol. The fourth-order valence-corrected chi connectivity index (χ4v) is 2.71. The number of anilines is 2. The average Bonchev–Trinajstić information content (AvgIpc) is 2.59. The van der Waals surface area contributed by atoms with Gasteiger partial charge in [0.25, 0.3) is 5.91 Å². The lowest BCUT2D eigenvalue weighted by Crippen LogP contribution is -2.44. The summed E-state index contributed by atoms with van der Waals surface area (Å²) in [4.78, 5) is 26.2. The Hall–Kier alpha value is -2.12. The first-order valence-corrected chi connectivity index (χ1v) is 8.76. The molecule has 1 aliphatic rings. The molecule has 7 heteroatoms. The minimum absolute atomic E-state index is 0.192. The minimum atomic E-state index is -0.497. The topological polar surface area (TPSA) is 82.7 Å². The summed E-state index contributed by atoms with van der Waals surface area (Å²) in [6.45, 7) is 6.05. The number of benzene rings is 1. The number of hydrogen-bond donors (Lipinski definition) is 3. The lowest BCUT2D eigenvalue weighted by atomic mass is 10.1. The number of hydrogen-bond acceptors (Lipinski definition) is 4. The molecule has 3 N–H and O–H groups in total. The molecule has 1 atom stereocenters. The van der Waals surface area contributed by atoms with Crippen molar-refractivity contribution >= 4 is 23.3 Å². The second kappa shape index (κ2) is 9.39. The highest BCUT2D eigenvalue weighted by atomic mass is 16.5. The normalized spacial score (nSPS) is 16.9. The first kappa shape index (κ1) is 19.2. The van der Waals surface area contributed by atoms with Gasteiger partial charge in [0.2, 0.25) is 0 Å². The Balaban J connectivity index is 1.79. The number of likely N-dealkylation sites (tertiary alicyclic amines) is 1. The van der Waals surface area contributed by atoms with Crippen molar-refractivity contribution in [3.05, 3.63) is 24.3 Å². The summed E-state index contributed by atoms with van der Waals surface area (Å²) in [6.07, 6.45) is 1.43. The minimum Gasteiger partial charge on any atom is -0.369 e. The van der Waals surface area contributed by atoms with E-state index in [0.717, 1.165) is 25.9 Å². The lowest BCUT2D eigenvalue weighted by Gasteiger charge is -2.29. The smallest absolute Gasteiger partial charge is 0.319 e. The molecule has 25 heavy (non-hydrogen) atoms. The number of piperidine rings is 1. The van der Waals surface area contributed by atoms with E-state index in [1.165, 1.54) is 0 Å². The van der Waals surface area contributed by atoms with E-state index in [1.54, 1.807) is 31.2 Å². The summed E-state index contributed by atoms with van der Waals surface area (Å²) >= 11 is 0. The van der Waals surface area contributed by atoms with Gasteiger partial charge in [-0.2, -0.15) is 0 Å². The molecule has 0 bridgehead atoms. The Kier molecular flexibility index (Phi) is 7.21. The van der Waals surface area contributed by atoms with Gasteiger partial charge in [-0.05, 0) is 71.1 Å². The number of ether oxygens (including phenoxy) is 1.